The Bertz CT molecular complexity index is 524. The molecule has 0 fully saturated rings. The first-order valence-corrected chi connectivity index (χ1v) is 9.10. The van der Waals surface area contributed by atoms with Crippen LogP contribution in [0.2, 0.25) is 0 Å². The van der Waals surface area contributed by atoms with Gasteiger partial charge in [0.2, 0.25) is 0 Å². The minimum Gasteiger partial charge on any atom is -0.481 e. The summed E-state index contributed by atoms with van der Waals surface area (Å²) in [4.78, 5) is 10.3. The molecule has 0 rings (SSSR count). The van der Waals surface area contributed by atoms with E-state index < -0.39 is 18.2 Å². The number of carboxylic acids is 1. The fourth-order valence-corrected chi connectivity index (χ4v) is 1.90. The summed E-state index contributed by atoms with van der Waals surface area (Å²) in [5.74, 6) is -0.821. The van der Waals surface area contributed by atoms with E-state index >= 15 is 0 Å². The Morgan fingerprint density at radius 3 is 1.88 bits per heavy atom. The molecule has 0 amide bonds. The highest BCUT2D eigenvalue weighted by molar-refractivity contribution is 5.66. The van der Waals surface area contributed by atoms with Crippen molar-refractivity contribution in [2.24, 2.45) is 0 Å². The van der Waals surface area contributed by atoms with Crippen molar-refractivity contribution in [2.75, 3.05) is 0 Å². The maximum absolute atomic E-state index is 10.3. The van der Waals surface area contributed by atoms with Crippen molar-refractivity contribution in [1.82, 2.24) is 0 Å². The standard InChI is InChI=1S/C22H32O4/c1-2-3-4-5-6-10-15-20(23)16-11-7-8-12-17-21(24)18-13-9-14-19-22(25)26/h3-4,6-13,16-17,20-21,23-24H,2,5,14-15,18-19H2,1H3,(H,25,26)/t20-,21+/m0/s1. The summed E-state index contributed by atoms with van der Waals surface area (Å²) >= 11 is 0. The van der Waals surface area contributed by atoms with Crippen molar-refractivity contribution in [3.05, 3.63) is 72.9 Å². The molecule has 2 atom stereocenters. The molecular formula is C22H32O4. The van der Waals surface area contributed by atoms with Crippen molar-refractivity contribution >= 4 is 5.97 Å². The number of aliphatic hydroxyl groups excluding tert-OH is 2. The molecule has 4 nitrogen and oxygen atoms in total. The molecule has 144 valence electrons. The molecule has 0 aromatic carbocycles. The number of aliphatic hydroxyl groups is 2. The van der Waals surface area contributed by atoms with E-state index in [1.165, 1.54) is 0 Å². The number of hydrogen-bond donors (Lipinski definition) is 3. The Hall–Kier alpha value is -2.17. The van der Waals surface area contributed by atoms with Gasteiger partial charge in [0, 0.05) is 6.42 Å². The summed E-state index contributed by atoms with van der Waals surface area (Å²) < 4.78 is 0. The molecule has 4 heteroatoms. The van der Waals surface area contributed by atoms with Crippen LogP contribution in [0.25, 0.3) is 0 Å². The maximum atomic E-state index is 10.3. The SMILES string of the molecule is CCC=CCC=CC[C@H](O)C=CC=CC=C[C@@H](O)CC=CCCC(=O)O. The lowest BCUT2D eigenvalue weighted by Crippen LogP contribution is -1.99. The van der Waals surface area contributed by atoms with Crippen LogP contribution in [0.3, 0.4) is 0 Å². The van der Waals surface area contributed by atoms with E-state index in [2.05, 4.69) is 19.1 Å². The van der Waals surface area contributed by atoms with Gasteiger partial charge in [0.1, 0.15) is 0 Å². The molecule has 0 heterocycles. The molecule has 0 radical (unpaired) electrons. The Balaban J connectivity index is 3.91. The molecule has 26 heavy (non-hydrogen) atoms. The topological polar surface area (TPSA) is 77.8 Å². The number of hydrogen-bond acceptors (Lipinski definition) is 3. The smallest absolute Gasteiger partial charge is 0.303 e. The predicted molar refractivity (Wildman–Crippen MR) is 108 cm³/mol. The molecule has 0 aliphatic carbocycles. The number of allylic oxidation sites excluding steroid dienone is 8. The molecule has 0 bridgehead atoms. The van der Waals surface area contributed by atoms with Gasteiger partial charge in [0.05, 0.1) is 12.2 Å². The van der Waals surface area contributed by atoms with Gasteiger partial charge in [-0.1, -0.05) is 79.8 Å². The maximum Gasteiger partial charge on any atom is 0.303 e. The first-order chi connectivity index (χ1) is 12.6. The molecule has 0 saturated heterocycles. The highest BCUT2D eigenvalue weighted by Crippen LogP contribution is 2.00. The summed E-state index contributed by atoms with van der Waals surface area (Å²) in [6, 6.07) is 0. The fourth-order valence-electron chi connectivity index (χ4n) is 1.90. The zero-order chi connectivity index (χ0) is 19.5. The van der Waals surface area contributed by atoms with Gasteiger partial charge in [0.25, 0.3) is 0 Å². The third-order valence-electron chi connectivity index (χ3n) is 3.29. The predicted octanol–water partition coefficient (Wildman–Crippen LogP) is 4.49. The lowest BCUT2D eigenvalue weighted by atomic mass is 10.2. The summed E-state index contributed by atoms with van der Waals surface area (Å²) in [6.07, 6.45) is 24.7. The Morgan fingerprint density at radius 2 is 1.35 bits per heavy atom. The van der Waals surface area contributed by atoms with Crippen LogP contribution in [0.4, 0.5) is 0 Å². The monoisotopic (exact) mass is 360 g/mol. The molecule has 0 saturated carbocycles. The lowest BCUT2D eigenvalue weighted by molar-refractivity contribution is -0.136. The summed E-state index contributed by atoms with van der Waals surface area (Å²) in [5.41, 5.74) is 0. The second kappa shape index (κ2) is 17.6. The van der Waals surface area contributed by atoms with Crippen LogP contribution in [0.5, 0.6) is 0 Å². The van der Waals surface area contributed by atoms with E-state index in [4.69, 9.17) is 5.11 Å². The number of rotatable bonds is 14. The van der Waals surface area contributed by atoms with Crippen molar-refractivity contribution in [3.8, 4) is 0 Å². The molecule has 0 spiro atoms. The second-order valence-corrected chi connectivity index (χ2v) is 5.75. The van der Waals surface area contributed by atoms with Crippen molar-refractivity contribution in [1.29, 1.82) is 0 Å². The Kier molecular flexibility index (Phi) is 16.2. The van der Waals surface area contributed by atoms with E-state index in [1.54, 1.807) is 48.6 Å². The first kappa shape index (κ1) is 23.8. The van der Waals surface area contributed by atoms with Crippen LogP contribution < -0.4 is 0 Å². The second-order valence-electron chi connectivity index (χ2n) is 5.75. The van der Waals surface area contributed by atoms with E-state index in [0.29, 0.717) is 19.3 Å². The highest BCUT2D eigenvalue weighted by Gasteiger charge is 1.95. The van der Waals surface area contributed by atoms with Gasteiger partial charge in [0.15, 0.2) is 0 Å². The van der Waals surface area contributed by atoms with Crippen LogP contribution in [-0.2, 0) is 4.79 Å². The van der Waals surface area contributed by atoms with Crippen molar-refractivity contribution in [3.63, 3.8) is 0 Å². The largest absolute Gasteiger partial charge is 0.481 e. The zero-order valence-electron chi connectivity index (χ0n) is 15.6. The van der Waals surface area contributed by atoms with Gasteiger partial charge in [-0.15, -0.1) is 0 Å². The lowest BCUT2D eigenvalue weighted by Gasteiger charge is -1.99. The van der Waals surface area contributed by atoms with Gasteiger partial charge >= 0.3 is 5.97 Å². The van der Waals surface area contributed by atoms with Crippen molar-refractivity contribution in [2.45, 2.75) is 57.7 Å². The number of carboxylic acid groups (broad SMARTS) is 1. The third kappa shape index (κ3) is 18.2. The van der Waals surface area contributed by atoms with Crippen molar-refractivity contribution < 1.29 is 20.1 Å². The van der Waals surface area contributed by atoms with Gasteiger partial charge in [-0.25, -0.2) is 0 Å². The highest BCUT2D eigenvalue weighted by atomic mass is 16.4. The van der Waals surface area contributed by atoms with Crippen LogP contribution in [-0.4, -0.2) is 33.5 Å². The van der Waals surface area contributed by atoms with Gasteiger partial charge in [-0.05, 0) is 32.1 Å². The minimum absolute atomic E-state index is 0.106. The molecule has 0 unspecified atom stereocenters. The van der Waals surface area contributed by atoms with E-state index in [0.717, 1.165) is 12.8 Å². The first-order valence-electron chi connectivity index (χ1n) is 9.10. The van der Waals surface area contributed by atoms with Crippen LogP contribution >= 0.6 is 0 Å². The normalized spacial score (nSPS) is 15.5. The molecule has 0 aliphatic rings. The average molecular weight is 360 g/mol. The van der Waals surface area contributed by atoms with E-state index in [-0.39, 0.29) is 6.42 Å². The molecule has 3 N–H and O–H groups in total. The Morgan fingerprint density at radius 1 is 0.808 bits per heavy atom. The quantitative estimate of drug-likeness (QED) is 0.315. The number of aliphatic carboxylic acids is 1. The molecular weight excluding hydrogens is 328 g/mol. The van der Waals surface area contributed by atoms with Gasteiger partial charge in [-0.3, -0.25) is 4.79 Å². The summed E-state index contributed by atoms with van der Waals surface area (Å²) in [5, 5.41) is 28.0. The minimum atomic E-state index is -0.821. The van der Waals surface area contributed by atoms with Crippen LogP contribution in [0, 0.1) is 0 Å². The molecule has 0 aromatic rings. The molecule has 0 aliphatic heterocycles. The van der Waals surface area contributed by atoms with Crippen LogP contribution in [0.1, 0.15) is 45.4 Å². The zero-order valence-corrected chi connectivity index (χ0v) is 15.6. The van der Waals surface area contributed by atoms with Crippen LogP contribution in [0.15, 0.2) is 72.9 Å². The van der Waals surface area contributed by atoms with E-state index in [1.807, 2.05) is 12.2 Å². The van der Waals surface area contributed by atoms with Gasteiger partial charge < -0.3 is 15.3 Å². The number of carbonyl (C=O) groups is 1. The molecule has 0 aromatic heterocycles. The summed E-state index contributed by atoms with van der Waals surface area (Å²) in [6.45, 7) is 2.10. The Labute approximate surface area is 157 Å². The van der Waals surface area contributed by atoms with E-state index in [9.17, 15) is 15.0 Å². The third-order valence-corrected chi connectivity index (χ3v) is 3.29. The van der Waals surface area contributed by atoms with Gasteiger partial charge in [-0.2, -0.15) is 0 Å². The fraction of sp³-hybridized carbons (Fsp3) is 0.409. The summed E-state index contributed by atoms with van der Waals surface area (Å²) in [7, 11) is 0. The average Bonchev–Trinajstić information content (AvgIpc) is 2.60.